The molecule has 0 bridgehead atoms. The highest BCUT2D eigenvalue weighted by Gasteiger charge is 2.19. The summed E-state index contributed by atoms with van der Waals surface area (Å²) in [6.07, 6.45) is 2.31. The minimum absolute atomic E-state index is 0.0473. The fourth-order valence-electron chi connectivity index (χ4n) is 3.14. The number of halogens is 1. The summed E-state index contributed by atoms with van der Waals surface area (Å²) in [5.74, 6) is 0.246. The summed E-state index contributed by atoms with van der Waals surface area (Å²) in [7, 11) is 1.71. The van der Waals surface area contributed by atoms with Crippen molar-refractivity contribution in [3.63, 3.8) is 0 Å². The van der Waals surface area contributed by atoms with Crippen LogP contribution in [0.5, 0.6) is 5.75 Å². The molecule has 162 valence electrons. The Morgan fingerprint density at radius 1 is 1.32 bits per heavy atom. The van der Waals surface area contributed by atoms with E-state index in [-0.39, 0.29) is 12.3 Å². The van der Waals surface area contributed by atoms with Gasteiger partial charge in [0.1, 0.15) is 17.9 Å². The average Bonchev–Trinajstić information content (AvgIpc) is 2.74. The smallest absolute Gasteiger partial charge is 0.340 e. The van der Waals surface area contributed by atoms with Gasteiger partial charge in [0.15, 0.2) is 0 Å². The Morgan fingerprint density at radius 3 is 2.77 bits per heavy atom. The van der Waals surface area contributed by atoms with Crippen LogP contribution in [0.15, 0.2) is 57.9 Å². The Labute approximate surface area is 186 Å². The van der Waals surface area contributed by atoms with Gasteiger partial charge in [-0.25, -0.2) is 4.79 Å². The molecule has 3 aromatic rings. The van der Waals surface area contributed by atoms with Gasteiger partial charge in [0.25, 0.3) is 0 Å². The third kappa shape index (κ3) is 5.52. The number of fused-ring (bicyclic) bond motifs is 1. The van der Waals surface area contributed by atoms with Gasteiger partial charge < -0.3 is 14.1 Å². The molecule has 31 heavy (non-hydrogen) atoms. The van der Waals surface area contributed by atoms with Gasteiger partial charge >= 0.3 is 5.63 Å². The summed E-state index contributed by atoms with van der Waals surface area (Å²) in [5.41, 5.74) is 2.57. The second kappa shape index (κ2) is 9.79. The van der Waals surface area contributed by atoms with Crippen molar-refractivity contribution in [1.82, 2.24) is 9.88 Å². The number of hydrogen-bond acceptors (Lipinski definition) is 5. The molecule has 0 N–H and O–H groups in total. The molecule has 0 unspecified atom stereocenters. The highest BCUT2D eigenvalue weighted by molar-refractivity contribution is 6.32. The number of aryl methyl sites for hydroxylation is 1. The van der Waals surface area contributed by atoms with Gasteiger partial charge in [-0.3, -0.25) is 9.78 Å². The number of carbonyl (C=O) groups is 1. The molecule has 0 saturated carbocycles. The molecule has 0 aliphatic rings. The summed E-state index contributed by atoms with van der Waals surface area (Å²) in [6.45, 7) is 8.24. The first-order chi connectivity index (χ1) is 14.8. The van der Waals surface area contributed by atoms with E-state index in [1.807, 2.05) is 25.1 Å². The molecule has 2 heterocycles. The van der Waals surface area contributed by atoms with Gasteiger partial charge in [0.05, 0.1) is 17.0 Å². The molecule has 0 aliphatic heterocycles. The average molecular weight is 441 g/mol. The first kappa shape index (κ1) is 22.6. The van der Waals surface area contributed by atoms with Crippen molar-refractivity contribution < 1.29 is 13.9 Å². The molecule has 0 aliphatic carbocycles. The van der Waals surface area contributed by atoms with Crippen LogP contribution in [0.4, 0.5) is 0 Å². The van der Waals surface area contributed by atoms with Crippen LogP contribution in [0.1, 0.15) is 23.7 Å². The molecule has 6 nitrogen and oxygen atoms in total. The lowest BCUT2D eigenvalue weighted by Crippen LogP contribution is -2.32. The molecule has 1 amide bonds. The summed E-state index contributed by atoms with van der Waals surface area (Å²) in [6, 6.07) is 8.97. The van der Waals surface area contributed by atoms with Crippen LogP contribution in [-0.4, -0.2) is 36.0 Å². The Kier molecular flexibility index (Phi) is 7.13. The van der Waals surface area contributed by atoms with Crippen LogP contribution in [-0.2, 0) is 17.6 Å². The molecular weight excluding hydrogens is 416 g/mol. The predicted molar refractivity (Wildman–Crippen MR) is 122 cm³/mol. The zero-order chi connectivity index (χ0) is 22.5. The van der Waals surface area contributed by atoms with E-state index in [0.29, 0.717) is 52.4 Å². The van der Waals surface area contributed by atoms with Gasteiger partial charge in [-0.1, -0.05) is 24.2 Å². The van der Waals surface area contributed by atoms with Gasteiger partial charge in [0, 0.05) is 43.4 Å². The van der Waals surface area contributed by atoms with Crippen molar-refractivity contribution in [3.8, 4) is 5.75 Å². The number of hydrogen-bond donors (Lipinski definition) is 0. The zero-order valence-electron chi connectivity index (χ0n) is 17.9. The minimum Gasteiger partial charge on any atom is -0.488 e. The highest BCUT2D eigenvalue weighted by atomic mass is 35.5. The van der Waals surface area contributed by atoms with Crippen molar-refractivity contribution >= 4 is 28.5 Å². The summed E-state index contributed by atoms with van der Waals surface area (Å²) in [5, 5.41) is 1.07. The van der Waals surface area contributed by atoms with Crippen molar-refractivity contribution in [2.24, 2.45) is 0 Å². The van der Waals surface area contributed by atoms with Gasteiger partial charge in [0.2, 0.25) is 5.91 Å². The number of rotatable bonds is 8. The van der Waals surface area contributed by atoms with Crippen LogP contribution in [0, 0.1) is 6.92 Å². The largest absolute Gasteiger partial charge is 0.488 e. The molecule has 7 heteroatoms. The first-order valence-corrected chi connectivity index (χ1v) is 10.3. The van der Waals surface area contributed by atoms with E-state index < -0.39 is 5.63 Å². The molecule has 1 aromatic carbocycles. The lowest BCUT2D eigenvalue weighted by molar-refractivity contribution is -0.129. The van der Waals surface area contributed by atoms with Gasteiger partial charge in [-0.05, 0) is 43.2 Å². The second-order valence-electron chi connectivity index (χ2n) is 7.58. The number of benzene rings is 1. The monoisotopic (exact) mass is 440 g/mol. The number of amides is 1. The van der Waals surface area contributed by atoms with E-state index in [9.17, 15) is 9.59 Å². The fraction of sp³-hybridized carbons (Fsp3) is 0.292. The Balaban J connectivity index is 1.80. The zero-order valence-corrected chi connectivity index (χ0v) is 18.7. The quantitative estimate of drug-likeness (QED) is 0.384. The van der Waals surface area contributed by atoms with E-state index in [0.717, 1.165) is 11.3 Å². The standard InChI is InChI=1S/C24H25ClN2O4/c1-15(2)14-30-22-13-21-18(11-20(22)25)16(3)19(24(29)31-21)12-23(28)27(4)10-8-17-7-5-6-9-26-17/h5-7,9,11,13H,1,8,10,12,14H2,2-4H3. The van der Waals surface area contributed by atoms with Crippen LogP contribution in [0.25, 0.3) is 11.0 Å². The van der Waals surface area contributed by atoms with Crippen LogP contribution < -0.4 is 10.4 Å². The first-order valence-electron chi connectivity index (χ1n) is 9.93. The summed E-state index contributed by atoms with van der Waals surface area (Å²) in [4.78, 5) is 31.2. The lowest BCUT2D eigenvalue weighted by atomic mass is 10.0. The number of ether oxygens (including phenoxy) is 1. The maximum absolute atomic E-state index is 12.7. The third-order valence-corrected chi connectivity index (χ3v) is 5.29. The predicted octanol–water partition coefficient (Wildman–Crippen LogP) is 4.35. The van der Waals surface area contributed by atoms with E-state index >= 15 is 0 Å². The lowest BCUT2D eigenvalue weighted by Gasteiger charge is -2.17. The Bertz CT molecular complexity index is 1170. The number of carbonyl (C=O) groups excluding carboxylic acids is 1. The molecule has 3 rings (SSSR count). The maximum Gasteiger partial charge on any atom is 0.340 e. The SMILES string of the molecule is C=C(C)COc1cc2oc(=O)c(CC(=O)N(C)CCc3ccccn3)c(C)c2cc1Cl. The van der Waals surface area contributed by atoms with Crippen molar-refractivity contribution in [1.29, 1.82) is 0 Å². The third-order valence-electron chi connectivity index (χ3n) is 5.00. The number of likely N-dealkylation sites (N-methyl/N-ethyl adjacent to an activating group) is 1. The number of pyridine rings is 1. The van der Waals surface area contributed by atoms with Crippen molar-refractivity contribution in [2.45, 2.75) is 26.7 Å². The fourth-order valence-corrected chi connectivity index (χ4v) is 3.36. The summed E-state index contributed by atoms with van der Waals surface area (Å²) < 4.78 is 11.1. The van der Waals surface area contributed by atoms with Gasteiger partial charge in [-0.2, -0.15) is 0 Å². The van der Waals surface area contributed by atoms with E-state index in [1.165, 1.54) is 0 Å². The number of nitrogens with zero attached hydrogens (tertiary/aromatic N) is 2. The van der Waals surface area contributed by atoms with E-state index in [4.69, 9.17) is 20.8 Å². The topological polar surface area (TPSA) is 72.6 Å². The molecule has 0 saturated heterocycles. The normalized spacial score (nSPS) is 10.8. The molecule has 0 radical (unpaired) electrons. The molecule has 2 aromatic heterocycles. The van der Waals surface area contributed by atoms with Crippen LogP contribution in [0.3, 0.4) is 0 Å². The minimum atomic E-state index is -0.537. The van der Waals surface area contributed by atoms with Gasteiger partial charge in [-0.15, -0.1) is 0 Å². The Hall–Kier alpha value is -3.12. The van der Waals surface area contributed by atoms with Crippen molar-refractivity contribution in [2.75, 3.05) is 20.2 Å². The molecule has 0 atom stereocenters. The maximum atomic E-state index is 12.7. The summed E-state index contributed by atoms with van der Waals surface area (Å²) >= 11 is 6.35. The van der Waals surface area contributed by atoms with Crippen molar-refractivity contribution in [3.05, 3.63) is 80.9 Å². The van der Waals surface area contributed by atoms with E-state index in [2.05, 4.69) is 11.6 Å². The molecular formula is C24H25ClN2O4. The van der Waals surface area contributed by atoms with Crippen LogP contribution in [0.2, 0.25) is 5.02 Å². The van der Waals surface area contributed by atoms with E-state index in [1.54, 1.807) is 37.2 Å². The Morgan fingerprint density at radius 2 is 2.10 bits per heavy atom. The number of aromatic nitrogens is 1. The molecule has 0 spiro atoms. The van der Waals surface area contributed by atoms with Crippen LogP contribution >= 0.6 is 11.6 Å². The highest BCUT2D eigenvalue weighted by Crippen LogP contribution is 2.32. The molecule has 0 fully saturated rings. The second-order valence-corrected chi connectivity index (χ2v) is 7.99.